The lowest BCUT2D eigenvalue weighted by Gasteiger charge is -2.12. The van der Waals surface area contributed by atoms with Gasteiger partial charge < -0.3 is 5.32 Å². The van der Waals surface area contributed by atoms with Crippen molar-refractivity contribution in [2.24, 2.45) is 0 Å². The SMILES string of the molecule is Clc1cc(CNc2c(Br)cc(Br)cc2Br)ccc1Br. The molecule has 0 saturated heterocycles. The van der Waals surface area contributed by atoms with Crippen LogP contribution in [0, 0.1) is 0 Å². The third-order valence-electron chi connectivity index (χ3n) is 2.46. The molecule has 0 unspecified atom stereocenters. The molecule has 0 atom stereocenters. The highest BCUT2D eigenvalue weighted by molar-refractivity contribution is 9.11. The third kappa shape index (κ3) is 4.21. The maximum Gasteiger partial charge on any atom is 0.0632 e. The van der Waals surface area contributed by atoms with Crippen LogP contribution in [0.2, 0.25) is 5.02 Å². The number of benzene rings is 2. The summed E-state index contributed by atoms with van der Waals surface area (Å²) in [5.41, 5.74) is 2.14. The summed E-state index contributed by atoms with van der Waals surface area (Å²) in [6, 6.07) is 9.93. The fourth-order valence-electron chi connectivity index (χ4n) is 1.55. The van der Waals surface area contributed by atoms with E-state index in [1.54, 1.807) is 0 Å². The van der Waals surface area contributed by atoms with Crippen molar-refractivity contribution in [3.05, 3.63) is 58.8 Å². The third-order valence-corrected chi connectivity index (χ3v) is 5.40. The van der Waals surface area contributed by atoms with Gasteiger partial charge >= 0.3 is 0 Å². The van der Waals surface area contributed by atoms with Crippen molar-refractivity contribution in [2.75, 3.05) is 5.32 Å². The zero-order valence-corrected chi connectivity index (χ0v) is 16.6. The van der Waals surface area contributed by atoms with Crippen LogP contribution in [0.25, 0.3) is 0 Å². The zero-order chi connectivity index (χ0) is 14.0. The Morgan fingerprint density at radius 2 is 1.53 bits per heavy atom. The Morgan fingerprint density at radius 3 is 2.11 bits per heavy atom. The molecule has 0 bridgehead atoms. The molecule has 19 heavy (non-hydrogen) atoms. The second kappa shape index (κ2) is 6.94. The van der Waals surface area contributed by atoms with Crippen molar-refractivity contribution in [3.8, 4) is 0 Å². The summed E-state index contributed by atoms with van der Waals surface area (Å²) in [6.07, 6.45) is 0. The molecule has 0 radical (unpaired) electrons. The lowest BCUT2D eigenvalue weighted by molar-refractivity contribution is 1.14. The first-order valence-electron chi connectivity index (χ1n) is 5.29. The maximum atomic E-state index is 6.08. The van der Waals surface area contributed by atoms with Gasteiger partial charge in [0.25, 0.3) is 0 Å². The van der Waals surface area contributed by atoms with Gasteiger partial charge in [-0.2, -0.15) is 0 Å². The van der Waals surface area contributed by atoms with Crippen LogP contribution in [0.5, 0.6) is 0 Å². The van der Waals surface area contributed by atoms with Crippen molar-refractivity contribution in [2.45, 2.75) is 6.54 Å². The molecule has 0 spiro atoms. The number of hydrogen-bond acceptors (Lipinski definition) is 1. The van der Waals surface area contributed by atoms with Crippen LogP contribution < -0.4 is 5.32 Å². The minimum Gasteiger partial charge on any atom is -0.379 e. The summed E-state index contributed by atoms with van der Waals surface area (Å²) in [4.78, 5) is 0. The van der Waals surface area contributed by atoms with E-state index in [0.717, 1.165) is 29.1 Å². The van der Waals surface area contributed by atoms with Gasteiger partial charge in [-0.25, -0.2) is 0 Å². The van der Waals surface area contributed by atoms with Gasteiger partial charge in [0.2, 0.25) is 0 Å². The fourth-order valence-corrected chi connectivity index (χ4v) is 4.54. The minimum atomic E-state index is 0.700. The van der Waals surface area contributed by atoms with Crippen molar-refractivity contribution in [3.63, 3.8) is 0 Å². The Balaban J connectivity index is 2.16. The first kappa shape index (κ1) is 15.8. The van der Waals surface area contributed by atoms with Gasteiger partial charge in [-0.05, 0) is 77.6 Å². The molecule has 6 heteroatoms. The first-order valence-corrected chi connectivity index (χ1v) is 8.84. The van der Waals surface area contributed by atoms with Crippen LogP contribution in [0.3, 0.4) is 0 Å². The van der Waals surface area contributed by atoms with Crippen LogP contribution in [0.4, 0.5) is 5.69 Å². The van der Waals surface area contributed by atoms with Crippen LogP contribution in [0.15, 0.2) is 48.2 Å². The molecule has 0 aromatic heterocycles. The summed E-state index contributed by atoms with van der Waals surface area (Å²) < 4.78 is 3.92. The van der Waals surface area contributed by atoms with Gasteiger partial charge in [-0.15, -0.1) is 0 Å². The molecule has 0 aliphatic rings. The van der Waals surface area contributed by atoms with E-state index in [4.69, 9.17) is 11.6 Å². The number of halogens is 5. The van der Waals surface area contributed by atoms with E-state index in [1.807, 2.05) is 30.3 Å². The van der Waals surface area contributed by atoms with E-state index < -0.39 is 0 Å². The molecule has 0 fully saturated rings. The van der Waals surface area contributed by atoms with E-state index in [-0.39, 0.29) is 0 Å². The Kier molecular flexibility index (Phi) is 5.78. The van der Waals surface area contributed by atoms with Gasteiger partial charge in [0.15, 0.2) is 0 Å². The van der Waals surface area contributed by atoms with E-state index in [2.05, 4.69) is 69.0 Å². The summed E-state index contributed by atoms with van der Waals surface area (Å²) in [7, 11) is 0. The molecule has 2 aromatic carbocycles. The molecule has 0 saturated carbocycles. The monoisotopic (exact) mass is 529 g/mol. The molecular formula is C13H8Br4ClN. The second-order valence-corrected chi connectivity index (χ2v) is 7.73. The zero-order valence-electron chi connectivity index (χ0n) is 9.48. The van der Waals surface area contributed by atoms with Crippen LogP contribution >= 0.6 is 75.3 Å². The number of rotatable bonds is 3. The number of hydrogen-bond donors (Lipinski definition) is 1. The van der Waals surface area contributed by atoms with Crippen molar-refractivity contribution in [1.29, 1.82) is 0 Å². The van der Waals surface area contributed by atoms with Gasteiger partial charge in [0, 0.05) is 24.4 Å². The second-order valence-electron chi connectivity index (χ2n) is 3.85. The van der Waals surface area contributed by atoms with Crippen LogP contribution in [-0.2, 0) is 6.54 Å². The van der Waals surface area contributed by atoms with E-state index in [1.165, 1.54) is 0 Å². The van der Waals surface area contributed by atoms with Gasteiger partial charge in [0.1, 0.15) is 0 Å². The normalized spacial score (nSPS) is 10.6. The van der Waals surface area contributed by atoms with E-state index >= 15 is 0 Å². The van der Waals surface area contributed by atoms with Crippen LogP contribution in [-0.4, -0.2) is 0 Å². The molecule has 0 amide bonds. The van der Waals surface area contributed by atoms with E-state index in [9.17, 15) is 0 Å². The Hall–Kier alpha value is 0.450. The molecule has 100 valence electrons. The Morgan fingerprint density at radius 1 is 0.895 bits per heavy atom. The number of anilines is 1. The van der Waals surface area contributed by atoms with Gasteiger partial charge in [-0.1, -0.05) is 33.6 Å². The highest BCUT2D eigenvalue weighted by atomic mass is 79.9. The molecule has 2 rings (SSSR count). The first-order chi connectivity index (χ1) is 8.97. The standard InChI is InChI=1S/C13H8Br4ClN/c14-8-4-10(16)13(11(17)5-8)19-6-7-1-2-9(15)12(18)3-7/h1-5,19H,6H2. The lowest BCUT2D eigenvalue weighted by atomic mass is 10.2. The quantitative estimate of drug-likeness (QED) is 0.448. The minimum absolute atomic E-state index is 0.700. The smallest absolute Gasteiger partial charge is 0.0632 e. The highest BCUT2D eigenvalue weighted by Crippen LogP contribution is 2.34. The molecule has 0 aliphatic heterocycles. The Labute approximate surface area is 150 Å². The van der Waals surface area contributed by atoms with E-state index in [0.29, 0.717) is 11.6 Å². The van der Waals surface area contributed by atoms with Crippen molar-refractivity contribution >= 4 is 81.0 Å². The fraction of sp³-hybridized carbons (Fsp3) is 0.0769. The molecule has 2 aromatic rings. The number of nitrogens with one attached hydrogen (secondary N) is 1. The van der Waals surface area contributed by atoms with Gasteiger partial charge in [-0.3, -0.25) is 0 Å². The van der Waals surface area contributed by atoms with Crippen molar-refractivity contribution in [1.82, 2.24) is 0 Å². The molecule has 1 N–H and O–H groups in total. The lowest BCUT2D eigenvalue weighted by Crippen LogP contribution is -2.01. The predicted octanol–water partition coefficient (Wildman–Crippen LogP) is 7.00. The van der Waals surface area contributed by atoms with Crippen molar-refractivity contribution < 1.29 is 0 Å². The Bertz CT molecular complexity index is 593. The average Bonchev–Trinajstić information content (AvgIpc) is 2.32. The summed E-state index contributed by atoms with van der Waals surface area (Å²) in [5, 5.41) is 4.10. The predicted molar refractivity (Wildman–Crippen MR) is 96.0 cm³/mol. The molecule has 0 heterocycles. The molecule has 0 aliphatic carbocycles. The summed E-state index contributed by atoms with van der Waals surface area (Å²) in [5.74, 6) is 0. The maximum absolute atomic E-state index is 6.08. The average molecular weight is 533 g/mol. The molecular weight excluding hydrogens is 525 g/mol. The topological polar surface area (TPSA) is 12.0 Å². The summed E-state index contributed by atoms with van der Waals surface area (Å²) in [6.45, 7) is 0.700. The molecule has 1 nitrogen and oxygen atoms in total. The highest BCUT2D eigenvalue weighted by Gasteiger charge is 2.07. The van der Waals surface area contributed by atoms with Crippen LogP contribution in [0.1, 0.15) is 5.56 Å². The largest absolute Gasteiger partial charge is 0.379 e. The summed E-state index contributed by atoms with van der Waals surface area (Å²) >= 11 is 20.0. The van der Waals surface area contributed by atoms with Gasteiger partial charge in [0.05, 0.1) is 10.7 Å².